The normalized spacial score (nSPS) is 20.2. The number of amides is 2. The zero-order valence-corrected chi connectivity index (χ0v) is 16.5. The summed E-state index contributed by atoms with van der Waals surface area (Å²) in [5.41, 5.74) is 0. The molecule has 1 aromatic rings. The van der Waals surface area contributed by atoms with Crippen LogP contribution in [0.5, 0.6) is 0 Å². The number of carbonyl (C=O) groups is 2. The van der Waals surface area contributed by atoms with Gasteiger partial charge in [-0.1, -0.05) is 19.3 Å². The summed E-state index contributed by atoms with van der Waals surface area (Å²) in [4.78, 5) is 29.2. The highest BCUT2D eigenvalue weighted by Gasteiger charge is 2.24. The number of hydrogen-bond donors (Lipinski definition) is 3. The molecule has 1 aromatic heterocycles. The number of aromatic nitrogens is 3. The van der Waals surface area contributed by atoms with Gasteiger partial charge in [0.25, 0.3) is 0 Å². The van der Waals surface area contributed by atoms with E-state index >= 15 is 0 Å². The fraction of sp³-hybridized carbons (Fsp3) is 0.789. The van der Waals surface area contributed by atoms with Crippen molar-refractivity contribution < 1.29 is 9.59 Å². The summed E-state index contributed by atoms with van der Waals surface area (Å²) in [7, 11) is 1.78. The summed E-state index contributed by atoms with van der Waals surface area (Å²) in [6.45, 7) is 3.64. The van der Waals surface area contributed by atoms with Gasteiger partial charge in [-0.25, -0.2) is 4.68 Å². The molecule has 0 aromatic carbocycles. The lowest BCUT2D eigenvalue weighted by atomic mass is 9.87. The molecule has 150 valence electrons. The monoisotopic (exact) mass is 376 g/mol. The molecule has 1 atom stereocenters. The number of aryl methyl sites for hydroxylation is 1. The summed E-state index contributed by atoms with van der Waals surface area (Å²) >= 11 is 0. The molecule has 3 N–H and O–H groups in total. The van der Waals surface area contributed by atoms with E-state index in [1.807, 2.05) is 0 Å². The largest absolute Gasteiger partial charge is 0.345 e. The molecule has 1 saturated carbocycles. The van der Waals surface area contributed by atoms with Crippen molar-refractivity contribution in [3.63, 3.8) is 0 Å². The first-order valence-corrected chi connectivity index (χ1v) is 10.2. The van der Waals surface area contributed by atoms with Crippen LogP contribution in [0.2, 0.25) is 0 Å². The standard InChI is InChI=1S/C19H32N6O2/c1-13(21-16(26)12-14-6-4-3-5-7-14)18(27)23-19-22-17(24-25(19)2)15-8-10-20-11-9-15/h13-15,20H,3-12H2,1-2H3,(H,21,26)(H,22,23,24,27). The molecule has 1 aliphatic heterocycles. The Morgan fingerprint density at radius 3 is 2.59 bits per heavy atom. The third-order valence-corrected chi connectivity index (χ3v) is 5.69. The smallest absolute Gasteiger partial charge is 0.249 e. The molecular weight excluding hydrogens is 344 g/mol. The molecule has 27 heavy (non-hydrogen) atoms. The minimum absolute atomic E-state index is 0.0436. The number of hydrogen-bond acceptors (Lipinski definition) is 5. The molecule has 3 rings (SSSR count). The van der Waals surface area contributed by atoms with Crippen LogP contribution < -0.4 is 16.0 Å². The SMILES string of the molecule is CC(NC(=O)CC1CCCCC1)C(=O)Nc1nc(C2CCNCC2)nn1C. The molecule has 1 aliphatic carbocycles. The number of nitrogens with zero attached hydrogens (tertiary/aromatic N) is 3. The van der Waals surface area contributed by atoms with Crippen molar-refractivity contribution in [2.45, 2.75) is 70.3 Å². The second-order valence-electron chi connectivity index (χ2n) is 7.93. The fourth-order valence-corrected chi connectivity index (χ4v) is 4.00. The van der Waals surface area contributed by atoms with Crippen molar-refractivity contribution in [2.75, 3.05) is 18.4 Å². The Labute approximate surface area is 160 Å². The summed E-state index contributed by atoms with van der Waals surface area (Å²) in [6, 6.07) is -0.597. The zero-order valence-electron chi connectivity index (χ0n) is 16.5. The second-order valence-corrected chi connectivity index (χ2v) is 7.93. The Morgan fingerprint density at radius 2 is 1.89 bits per heavy atom. The first kappa shape index (κ1) is 19.8. The fourth-order valence-electron chi connectivity index (χ4n) is 4.00. The van der Waals surface area contributed by atoms with E-state index in [1.54, 1.807) is 18.7 Å². The van der Waals surface area contributed by atoms with Crippen molar-refractivity contribution in [3.05, 3.63) is 5.82 Å². The molecule has 2 heterocycles. The molecule has 2 aliphatic rings. The highest BCUT2D eigenvalue weighted by Crippen LogP contribution is 2.26. The van der Waals surface area contributed by atoms with Gasteiger partial charge in [0, 0.05) is 19.4 Å². The van der Waals surface area contributed by atoms with Crippen molar-refractivity contribution >= 4 is 17.8 Å². The minimum atomic E-state index is -0.597. The maximum Gasteiger partial charge on any atom is 0.249 e. The van der Waals surface area contributed by atoms with Gasteiger partial charge in [0.2, 0.25) is 17.8 Å². The van der Waals surface area contributed by atoms with Crippen LogP contribution in [-0.4, -0.2) is 45.7 Å². The molecule has 8 nitrogen and oxygen atoms in total. The summed E-state index contributed by atoms with van der Waals surface area (Å²) in [5.74, 6) is 1.69. The molecule has 2 amide bonds. The minimum Gasteiger partial charge on any atom is -0.345 e. The lowest BCUT2D eigenvalue weighted by molar-refractivity contribution is -0.127. The topological polar surface area (TPSA) is 101 Å². The predicted molar refractivity (Wildman–Crippen MR) is 103 cm³/mol. The molecule has 0 spiro atoms. The average molecular weight is 377 g/mol. The molecule has 1 unspecified atom stereocenters. The maximum absolute atomic E-state index is 12.5. The quantitative estimate of drug-likeness (QED) is 0.701. The third kappa shape index (κ3) is 5.51. The van der Waals surface area contributed by atoms with Crippen LogP contribution in [0.15, 0.2) is 0 Å². The van der Waals surface area contributed by atoms with E-state index in [9.17, 15) is 9.59 Å². The van der Waals surface area contributed by atoms with E-state index in [4.69, 9.17) is 0 Å². The van der Waals surface area contributed by atoms with E-state index in [1.165, 1.54) is 19.3 Å². The number of anilines is 1. The number of nitrogens with one attached hydrogen (secondary N) is 3. The van der Waals surface area contributed by atoms with E-state index in [-0.39, 0.29) is 11.8 Å². The first-order valence-electron chi connectivity index (χ1n) is 10.2. The maximum atomic E-state index is 12.5. The Morgan fingerprint density at radius 1 is 1.19 bits per heavy atom. The Kier molecular flexibility index (Phi) is 6.82. The van der Waals surface area contributed by atoms with Gasteiger partial charge < -0.3 is 10.6 Å². The first-order chi connectivity index (χ1) is 13.0. The van der Waals surface area contributed by atoms with Crippen LogP contribution in [0.3, 0.4) is 0 Å². The number of piperidine rings is 1. The number of rotatable bonds is 6. The second kappa shape index (κ2) is 9.30. The Hall–Kier alpha value is -1.96. The third-order valence-electron chi connectivity index (χ3n) is 5.69. The van der Waals surface area contributed by atoms with Gasteiger partial charge >= 0.3 is 0 Å². The van der Waals surface area contributed by atoms with E-state index in [2.05, 4.69) is 26.0 Å². The van der Waals surface area contributed by atoms with Crippen LogP contribution in [0.1, 0.15) is 70.0 Å². The van der Waals surface area contributed by atoms with E-state index in [0.717, 1.165) is 44.6 Å². The van der Waals surface area contributed by atoms with Crippen LogP contribution in [-0.2, 0) is 16.6 Å². The molecule has 0 radical (unpaired) electrons. The summed E-state index contributed by atoms with van der Waals surface area (Å²) < 4.78 is 1.60. The van der Waals surface area contributed by atoms with Crippen LogP contribution in [0, 0.1) is 5.92 Å². The van der Waals surface area contributed by atoms with Crippen molar-refractivity contribution in [1.82, 2.24) is 25.4 Å². The van der Waals surface area contributed by atoms with Gasteiger partial charge in [-0.2, -0.15) is 10.1 Å². The van der Waals surface area contributed by atoms with Gasteiger partial charge in [0.15, 0.2) is 5.82 Å². The highest BCUT2D eigenvalue weighted by molar-refractivity contribution is 5.95. The lowest BCUT2D eigenvalue weighted by Gasteiger charge is -2.22. The Bertz CT molecular complexity index is 647. The van der Waals surface area contributed by atoms with Crippen LogP contribution in [0.25, 0.3) is 0 Å². The predicted octanol–water partition coefficient (Wildman–Crippen LogP) is 1.70. The van der Waals surface area contributed by atoms with Crippen molar-refractivity contribution in [2.24, 2.45) is 13.0 Å². The lowest BCUT2D eigenvalue weighted by Crippen LogP contribution is -2.42. The van der Waals surface area contributed by atoms with Crippen LogP contribution >= 0.6 is 0 Å². The molecule has 2 fully saturated rings. The summed E-state index contributed by atoms with van der Waals surface area (Å²) in [6.07, 6.45) is 8.45. The van der Waals surface area contributed by atoms with Crippen molar-refractivity contribution in [1.29, 1.82) is 0 Å². The Balaban J connectivity index is 1.50. The van der Waals surface area contributed by atoms with Crippen LogP contribution in [0.4, 0.5) is 5.95 Å². The summed E-state index contributed by atoms with van der Waals surface area (Å²) in [5, 5.41) is 13.4. The van der Waals surface area contributed by atoms with Gasteiger partial charge in [-0.05, 0) is 51.6 Å². The zero-order chi connectivity index (χ0) is 19.2. The van der Waals surface area contributed by atoms with Gasteiger partial charge in [0.1, 0.15) is 6.04 Å². The highest BCUT2D eigenvalue weighted by atomic mass is 16.2. The molecule has 8 heteroatoms. The molecular formula is C19H32N6O2. The average Bonchev–Trinajstić information content (AvgIpc) is 3.03. The van der Waals surface area contributed by atoms with E-state index in [0.29, 0.717) is 24.2 Å². The van der Waals surface area contributed by atoms with E-state index < -0.39 is 6.04 Å². The van der Waals surface area contributed by atoms with Gasteiger partial charge in [-0.15, -0.1) is 0 Å². The molecule has 0 bridgehead atoms. The van der Waals surface area contributed by atoms with Crippen molar-refractivity contribution in [3.8, 4) is 0 Å². The number of carbonyl (C=O) groups excluding carboxylic acids is 2. The van der Waals surface area contributed by atoms with Gasteiger partial charge in [-0.3, -0.25) is 14.9 Å². The molecule has 1 saturated heterocycles. The van der Waals surface area contributed by atoms with Gasteiger partial charge in [0.05, 0.1) is 0 Å².